The first-order valence-electron chi connectivity index (χ1n) is 8.62. The van der Waals surface area contributed by atoms with Crippen LogP contribution in [-0.2, 0) is 11.3 Å². The molecule has 2 N–H and O–H groups in total. The summed E-state index contributed by atoms with van der Waals surface area (Å²) < 4.78 is 0. The van der Waals surface area contributed by atoms with Crippen LogP contribution >= 0.6 is 34.8 Å². The minimum Gasteiger partial charge on any atom is -0.508 e. The quantitative estimate of drug-likeness (QED) is 0.509. The lowest BCUT2D eigenvalue weighted by molar-refractivity contribution is -0.121. The van der Waals surface area contributed by atoms with Gasteiger partial charge in [-0.2, -0.15) is 0 Å². The smallest absolute Gasteiger partial charge is 0.232 e. The molecule has 0 aliphatic carbocycles. The molecule has 0 spiro atoms. The Bertz CT molecular complexity index is 983. The van der Waals surface area contributed by atoms with Crippen LogP contribution in [0.2, 0.25) is 15.1 Å². The Morgan fingerprint density at radius 2 is 1.71 bits per heavy atom. The van der Waals surface area contributed by atoms with Crippen LogP contribution < -0.4 is 5.32 Å². The Kier molecular flexibility index (Phi) is 6.50. The Morgan fingerprint density at radius 1 is 1.00 bits per heavy atom. The summed E-state index contributed by atoms with van der Waals surface area (Å²) in [4.78, 5) is 13.1. The minimum atomic E-state index is -0.716. The Hall–Kier alpha value is -2.20. The zero-order chi connectivity index (χ0) is 20.3. The fourth-order valence-corrected chi connectivity index (χ4v) is 3.95. The van der Waals surface area contributed by atoms with Crippen molar-refractivity contribution in [2.45, 2.75) is 19.4 Å². The maximum Gasteiger partial charge on any atom is 0.232 e. The molecule has 0 saturated heterocycles. The van der Waals surface area contributed by atoms with Crippen LogP contribution in [0.3, 0.4) is 0 Å². The highest BCUT2D eigenvalue weighted by atomic mass is 35.5. The molecular weight excluding hydrogens is 417 g/mol. The highest BCUT2D eigenvalue weighted by Gasteiger charge is 2.26. The third kappa shape index (κ3) is 4.61. The summed E-state index contributed by atoms with van der Waals surface area (Å²) in [7, 11) is 0. The zero-order valence-corrected chi connectivity index (χ0v) is 17.3. The molecule has 0 aliphatic heterocycles. The van der Waals surface area contributed by atoms with E-state index in [1.165, 1.54) is 6.07 Å². The SMILES string of the molecule is Cc1cc(Cl)cc(Cl)c1CNC(=O)C(c1ccccc1)c1cc(Cl)ccc1O. The first-order valence-corrected chi connectivity index (χ1v) is 9.76. The molecule has 3 aromatic carbocycles. The van der Waals surface area contributed by atoms with Gasteiger partial charge in [0.1, 0.15) is 5.75 Å². The standard InChI is InChI=1S/C22H18Cl3NO2/c1-13-9-16(24)11-19(25)18(13)12-26-22(28)21(14-5-3-2-4-6-14)17-10-15(23)7-8-20(17)27/h2-11,21,27H,12H2,1H3,(H,26,28). The normalized spacial score (nSPS) is 11.9. The number of rotatable bonds is 5. The molecule has 3 rings (SSSR count). The molecule has 3 nitrogen and oxygen atoms in total. The monoisotopic (exact) mass is 433 g/mol. The zero-order valence-electron chi connectivity index (χ0n) is 15.0. The summed E-state index contributed by atoms with van der Waals surface area (Å²) in [5, 5.41) is 14.7. The van der Waals surface area contributed by atoms with Gasteiger partial charge in [-0.05, 0) is 53.9 Å². The number of hydrogen-bond donors (Lipinski definition) is 2. The van der Waals surface area contributed by atoms with Crippen molar-refractivity contribution in [1.29, 1.82) is 0 Å². The van der Waals surface area contributed by atoms with Crippen molar-refractivity contribution < 1.29 is 9.90 Å². The molecule has 1 atom stereocenters. The third-order valence-corrected chi connectivity index (χ3v) is 5.31. The molecule has 1 amide bonds. The molecule has 0 saturated carbocycles. The summed E-state index contributed by atoms with van der Waals surface area (Å²) in [6.45, 7) is 2.13. The Balaban J connectivity index is 1.93. The van der Waals surface area contributed by atoms with Crippen molar-refractivity contribution in [3.05, 3.63) is 98.0 Å². The van der Waals surface area contributed by atoms with Gasteiger partial charge in [-0.15, -0.1) is 0 Å². The fraction of sp³-hybridized carbons (Fsp3) is 0.136. The Morgan fingerprint density at radius 3 is 2.39 bits per heavy atom. The van der Waals surface area contributed by atoms with Gasteiger partial charge in [0, 0.05) is 27.2 Å². The number of amides is 1. The first-order chi connectivity index (χ1) is 13.4. The van der Waals surface area contributed by atoms with Crippen molar-refractivity contribution in [2.24, 2.45) is 0 Å². The van der Waals surface area contributed by atoms with E-state index in [0.29, 0.717) is 20.6 Å². The van der Waals surface area contributed by atoms with E-state index >= 15 is 0 Å². The average Bonchev–Trinajstić information content (AvgIpc) is 2.65. The van der Waals surface area contributed by atoms with E-state index in [0.717, 1.165) is 16.7 Å². The number of hydrogen-bond acceptors (Lipinski definition) is 2. The van der Waals surface area contributed by atoms with Crippen LogP contribution in [-0.4, -0.2) is 11.0 Å². The predicted molar refractivity (Wildman–Crippen MR) is 114 cm³/mol. The Labute approximate surface area is 178 Å². The molecule has 0 fully saturated rings. The second kappa shape index (κ2) is 8.87. The summed E-state index contributed by atoms with van der Waals surface area (Å²) in [6, 6.07) is 17.4. The number of nitrogens with one attached hydrogen (secondary N) is 1. The molecule has 0 radical (unpaired) electrons. The summed E-state index contributed by atoms with van der Waals surface area (Å²) >= 11 is 18.4. The molecular formula is C22H18Cl3NO2. The molecule has 0 aliphatic rings. The molecule has 0 bridgehead atoms. The van der Waals surface area contributed by atoms with Crippen molar-refractivity contribution >= 4 is 40.7 Å². The second-order valence-corrected chi connectivity index (χ2v) is 7.73. The van der Waals surface area contributed by atoms with E-state index in [4.69, 9.17) is 34.8 Å². The number of carbonyl (C=O) groups excluding carboxylic acids is 1. The van der Waals surface area contributed by atoms with Crippen LogP contribution in [0.5, 0.6) is 5.75 Å². The molecule has 1 unspecified atom stereocenters. The van der Waals surface area contributed by atoms with E-state index in [-0.39, 0.29) is 18.2 Å². The summed E-state index contributed by atoms with van der Waals surface area (Å²) in [5.41, 5.74) is 2.87. The molecule has 6 heteroatoms. The van der Waals surface area contributed by atoms with Crippen molar-refractivity contribution in [2.75, 3.05) is 0 Å². The van der Waals surface area contributed by atoms with Crippen LogP contribution in [0.15, 0.2) is 60.7 Å². The lowest BCUT2D eigenvalue weighted by atomic mass is 9.89. The molecule has 0 heterocycles. The topological polar surface area (TPSA) is 49.3 Å². The van der Waals surface area contributed by atoms with E-state index < -0.39 is 5.92 Å². The summed E-state index contributed by atoms with van der Waals surface area (Å²) in [6.07, 6.45) is 0. The maximum absolute atomic E-state index is 13.1. The van der Waals surface area contributed by atoms with Gasteiger partial charge in [0.05, 0.1) is 5.92 Å². The number of halogens is 3. The summed E-state index contributed by atoms with van der Waals surface area (Å²) in [5.74, 6) is -0.977. The van der Waals surface area contributed by atoms with E-state index in [1.807, 2.05) is 37.3 Å². The van der Waals surface area contributed by atoms with Crippen LogP contribution in [0.25, 0.3) is 0 Å². The van der Waals surface area contributed by atoms with E-state index in [2.05, 4.69) is 5.32 Å². The fourth-order valence-electron chi connectivity index (χ4n) is 3.11. The van der Waals surface area contributed by atoms with E-state index in [1.54, 1.807) is 24.3 Å². The number of carbonyl (C=O) groups is 1. The van der Waals surface area contributed by atoms with Gasteiger partial charge in [-0.1, -0.05) is 65.1 Å². The third-order valence-electron chi connectivity index (χ3n) is 4.52. The van der Waals surface area contributed by atoms with Gasteiger partial charge >= 0.3 is 0 Å². The maximum atomic E-state index is 13.1. The van der Waals surface area contributed by atoms with Crippen LogP contribution in [0.1, 0.15) is 28.2 Å². The van der Waals surface area contributed by atoms with Crippen molar-refractivity contribution in [3.8, 4) is 5.75 Å². The van der Waals surface area contributed by atoms with E-state index in [9.17, 15) is 9.90 Å². The van der Waals surface area contributed by atoms with Gasteiger partial charge in [0.25, 0.3) is 0 Å². The average molecular weight is 435 g/mol. The predicted octanol–water partition coefficient (Wildman–Crippen LogP) is 6.11. The van der Waals surface area contributed by atoms with Crippen molar-refractivity contribution in [3.63, 3.8) is 0 Å². The van der Waals surface area contributed by atoms with Gasteiger partial charge < -0.3 is 10.4 Å². The minimum absolute atomic E-state index is 0.00843. The highest BCUT2D eigenvalue weighted by molar-refractivity contribution is 6.35. The number of aryl methyl sites for hydroxylation is 1. The van der Waals surface area contributed by atoms with Crippen molar-refractivity contribution in [1.82, 2.24) is 5.32 Å². The van der Waals surface area contributed by atoms with Gasteiger partial charge in [0.15, 0.2) is 0 Å². The van der Waals surface area contributed by atoms with Gasteiger partial charge in [0.2, 0.25) is 5.91 Å². The number of benzene rings is 3. The molecule has 144 valence electrons. The first kappa shape index (κ1) is 20.5. The lowest BCUT2D eigenvalue weighted by Crippen LogP contribution is -2.30. The molecule has 0 aromatic heterocycles. The van der Waals surface area contributed by atoms with Crippen LogP contribution in [0, 0.1) is 6.92 Å². The molecule has 3 aromatic rings. The van der Waals surface area contributed by atoms with Gasteiger partial charge in [-0.25, -0.2) is 0 Å². The largest absolute Gasteiger partial charge is 0.508 e. The number of aromatic hydroxyl groups is 1. The second-order valence-electron chi connectivity index (χ2n) is 6.45. The van der Waals surface area contributed by atoms with Gasteiger partial charge in [-0.3, -0.25) is 4.79 Å². The number of phenols is 1. The lowest BCUT2D eigenvalue weighted by Gasteiger charge is -2.20. The number of phenolic OH excluding ortho intramolecular Hbond substituents is 1. The highest BCUT2D eigenvalue weighted by Crippen LogP contribution is 2.34. The molecule has 28 heavy (non-hydrogen) atoms. The van der Waals surface area contributed by atoms with Crippen LogP contribution in [0.4, 0.5) is 0 Å².